The molecule has 1 heterocycles. The van der Waals surface area contributed by atoms with Gasteiger partial charge in [0.1, 0.15) is 5.82 Å². The van der Waals surface area contributed by atoms with Gasteiger partial charge in [-0.25, -0.2) is 4.39 Å². The summed E-state index contributed by atoms with van der Waals surface area (Å²) in [7, 11) is 0. The van der Waals surface area contributed by atoms with Gasteiger partial charge in [0.15, 0.2) is 0 Å². The number of likely N-dealkylation sites (tertiary alicyclic amines) is 1. The highest BCUT2D eigenvalue weighted by atomic mass is 19.1. The van der Waals surface area contributed by atoms with E-state index in [0.717, 1.165) is 25.1 Å². The Bertz CT molecular complexity index is 340. The fourth-order valence-electron chi connectivity index (χ4n) is 2.35. The molecule has 2 atom stereocenters. The van der Waals surface area contributed by atoms with Crippen LogP contribution in [0.5, 0.6) is 0 Å². The number of hydrogen-bond donors (Lipinski definition) is 1. The monoisotopic (exact) mass is 208 g/mol. The number of likely N-dealkylation sites (N-methyl/N-ethyl adjacent to an activating group) is 1. The first-order chi connectivity index (χ1) is 7.20. The first-order valence-electron chi connectivity index (χ1n) is 5.45. The van der Waals surface area contributed by atoms with Crippen LogP contribution in [0.2, 0.25) is 0 Å². The molecule has 1 aromatic carbocycles. The summed E-state index contributed by atoms with van der Waals surface area (Å²) in [6.07, 6.45) is 0.928. The van der Waals surface area contributed by atoms with Gasteiger partial charge in [0.05, 0.1) is 0 Å². The lowest BCUT2D eigenvalue weighted by Crippen LogP contribution is -2.27. The Kier molecular flexibility index (Phi) is 3.03. The number of nitrogens with two attached hydrogens (primary N) is 1. The summed E-state index contributed by atoms with van der Waals surface area (Å²) in [5, 5.41) is 0. The van der Waals surface area contributed by atoms with Gasteiger partial charge >= 0.3 is 0 Å². The quantitative estimate of drug-likeness (QED) is 0.804. The van der Waals surface area contributed by atoms with E-state index < -0.39 is 0 Å². The number of rotatable bonds is 2. The average molecular weight is 208 g/mol. The van der Waals surface area contributed by atoms with E-state index in [-0.39, 0.29) is 11.9 Å². The third-order valence-electron chi connectivity index (χ3n) is 3.08. The van der Waals surface area contributed by atoms with Crippen LogP contribution in [0.15, 0.2) is 24.3 Å². The van der Waals surface area contributed by atoms with Crippen LogP contribution in [0.25, 0.3) is 0 Å². The summed E-state index contributed by atoms with van der Waals surface area (Å²) in [5.41, 5.74) is 6.98. The molecule has 2 nitrogen and oxygen atoms in total. The number of benzene rings is 1. The van der Waals surface area contributed by atoms with E-state index in [0.29, 0.717) is 6.04 Å². The second kappa shape index (κ2) is 4.29. The predicted octanol–water partition coefficient (Wildman–Crippen LogP) is 1.92. The van der Waals surface area contributed by atoms with Crippen molar-refractivity contribution in [2.75, 3.05) is 13.1 Å². The molecule has 15 heavy (non-hydrogen) atoms. The number of nitrogens with zero attached hydrogens (tertiary/aromatic N) is 1. The van der Waals surface area contributed by atoms with Gasteiger partial charge in [-0.3, -0.25) is 4.90 Å². The Morgan fingerprint density at radius 2 is 2.33 bits per heavy atom. The maximum absolute atomic E-state index is 13.1. The lowest BCUT2D eigenvalue weighted by molar-refractivity contribution is 0.270. The van der Waals surface area contributed by atoms with E-state index in [4.69, 9.17) is 5.73 Å². The van der Waals surface area contributed by atoms with Gasteiger partial charge in [0, 0.05) is 18.6 Å². The van der Waals surface area contributed by atoms with Crippen molar-refractivity contribution in [2.45, 2.75) is 25.4 Å². The van der Waals surface area contributed by atoms with Gasteiger partial charge < -0.3 is 5.73 Å². The predicted molar refractivity (Wildman–Crippen MR) is 59.0 cm³/mol. The normalized spacial score (nSPS) is 27.1. The summed E-state index contributed by atoms with van der Waals surface area (Å²) in [4.78, 5) is 2.31. The molecule has 2 N–H and O–H groups in total. The summed E-state index contributed by atoms with van der Waals surface area (Å²) in [6, 6.07) is 7.36. The van der Waals surface area contributed by atoms with Gasteiger partial charge in [-0.05, 0) is 30.7 Å². The lowest BCUT2D eigenvalue weighted by Gasteiger charge is -2.22. The highest BCUT2D eigenvalue weighted by Gasteiger charge is 2.29. The number of hydrogen-bond acceptors (Lipinski definition) is 2. The van der Waals surface area contributed by atoms with Crippen LogP contribution < -0.4 is 5.73 Å². The molecule has 3 heteroatoms. The minimum atomic E-state index is -0.163. The van der Waals surface area contributed by atoms with Crippen LogP contribution in [0.1, 0.15) is 24.9 Å². The van der Waals surface area contributed by atoms with E-state index in [2.05, 4.69) is 11.8 Å². The zero-order chi connectivity index (χ0) is 10.8. The Morgan fingerprint density at radius 1 is 1.53 bits per heavy atom. The lowest BCUT2D eigenvalue weighted by atomic mass is 10.0. The SMILES string of the molecule is CCN1CC(N)CC1c1cccc(F)c1. The van der Waals surface area contributed by atoms with Gasteiger partial charge in [0.25, 0.3) is 0 Å². The summed E-state index contributed by atoms with van der Waals surface area (Å²) in [5.74, 6) is -0.163. The average Bonchev–Trinajstić information content (AvgIpc) is 2.59. The topological polar surface area (TPSA) is 29.3 Å². The Hall–Kier alpha value is -0.930. The minimum Gasteiger partial charge on any atom is -0.326 e. The first kappa shape index (κ1) is 10.6. The van der Waals surface area contributed by atoms with Gasteiger partial charge in [0.2, 0.25) is 0 Å². The van der Waals surface area contributed by atoms with Gasteiger partial charge in [-0.1, -0.05) is 19.1 Å². The third kappa shape index (κ3) is 2.19. The molecule has 0 bridgehead atoms. The van der Waals surface area contributed by atoms with Crippen molar-refractivity contribution in [3.05, 3.63) is 35.6 Å². The molecule has 0 aliphatic carbocycles. The van der Waals surface area contributed by atoms with Crippen LogP contribution in [-0.4, -0.2) is 24.0 Å². The van der Waals surface area contributed by atoms with Crippen LogP contribution in [0.4, 0.5) is 4.39 Å². The van der Waals surface area contributed by atoms with Crippen molar-refractivity contribution < 1.29 is 4.39 Å². The van der Waals surface area contributed by atoms with Crippen LogP contribution >= 0.6 is 0 Å². The Labute approximate surface area is 89.9 Å². The molecule has 1 aliphatic rings. The first-order valence-corrected chi connectivity index (χ1v) is 5.45. The highest BCUT2D eigenvalue weighted by Crippen LogP contribution is 2.31. The van der Waals surface area contributed by atoms with Crippen LogP contribution in [0.3, 0.4) is 0 Å². The molecule has 0 aromatic heterocycles. The third-order valence-corrected chi connectivity index (χ3v) is 3.08. The maximum Gasteiger partial charge on any atom is 0.123 e. The Morgan fingerprint density at radius 3 is 3.00 bits per heavy atom. The molecular formula is C12H17FN2. The summed E-state index contributed by atoms with van der Waals surface area (Å²) in [6.45, 7) is 4.00. The number of halogens is 1. The summed E-state index contributed by atoms with van der Waals surface area (Å²) >= 11 is 0. The van der Waals surface area contributed by atoms with Crippen molar-refractivity contribution in [3.63, 3.8) is 0 Å². The van der Waals surface area contributed by atoms with E-state index in [1.54, 1.807) is 12.1 Å². The zero-order valence-electron chi connectivity index (χ0n) is 8.99. The molecule has 0 saturated carbocycles. The van der Waals surface area contributed by atoms with Crippen molar-refractivity contribution in [1.82, 2.24) is 4.90 Å². The van der Waals surface area contributed by atoms with Gasteiger partial charge in [-0.2, -0.15) is 0 Å². The second-order valence-corrected chi connectivity index (χ2v) is 4.15. The largest absolute Gasteiger partial charge is 0.326 e. The maximum atomic E-state index is 13.1. The molecule has 82 valence electrons. The van der Waals surface area contributed by atoms with Gasteiger partial charge in [-0.15, -0.1) is 0 Å². The molecule has 0 amide bonds. The van der Waals surface area contributed by atoms with Crippen LogP contribution in [0, 0.1) is 5.82 Å². The molecule has 2 rings (SSSR count). The molecular weight excluding hydrogens is 191 g/mol. The van der Waals surface area contributed by atoms with E-state index in [1.807, 2.05) is 6.07 Å². The summed E-state index contributed by atoms with van der Waals surface area (Å²) < 4.78 is 13.1. The van der Waals surface area contributed by atoms with Crippen LogP contribution in [-0.2, 0) is 0 Å². The van der Waals surface area contributed by atoms with Crippen molar-refractivity contribution in [1.29, 1.82) is 0 Å². The molecule has 1 saturated heterocycles. The van der Waals surface area contributed by atoms with E-state index in [1.165, 1.54) is 6.07 Å². The molecule has 1 aliphatic heterocycles. The Balaban J connectivity index is 2.22. The minimum absolute atomic E-state index is 0.163. The molecule has 2 unspecified atom stereocenters. The zero-order valence-corrected chi connectivity index (χ0v) is 8.99. The highest BCUT2D eigenvalue weighted by molar-refractivity contribution is 5.21. The van der Waals surface area contributed by atoms with E-state index >= 15 is 0 Å². The van der Waals surface area contributed by atoms with Crippen molar-refractivity contribution >= 4 is 0 Å². The standard InChI is InChI=1S/C12H17FN2/c1-2-15-8-11(14)7-12(15)9-4-3-5-10(13)6-9/h3-6,11-12H,2,7-8,14H2,1H3. The molecule has 1 aromatic rings. The smallest absolute Gasteiger partial charge is 0.123 e. The second-order valence-electron chi connectivity index (χ2n) is 4.15. The van der Waals surface area contributed by atoms with E-state index in [9.17, 15) is 4.39 Å². The fourth-order valence-corrected chi connectivity index (χ4v) is 2.35. The molecule has 1 fully saturated rings. The molecule has 0 radical (unpaired) electrons. The fraction of sp³-hybridized carbons (Fsp3) is 0.500. The van der Waals surface area contributed by atoms with Crippen molar-refractivity contribution in [2.24, 2.45) is 5.73 Å². The molecule has 0 spiro atoms. The van der Waals surface area contributed by atoms with Crippen molar-refractivity contribution in [3.8, 4) is 0 Å².